The van der Waals surface area contributed by atoms with Crippen LogP contribution in [0.3, 0.4) is 0 Å². The lowest BCUT2D eigenvalue weighted by Gasteiger charge is -2.18. The number of halogens is 3. The molecule has 0 aliphatic carbocycles. The fourth-order valence-electron chi connectivity index (χ4n) is 2.89. The summed E-state index contributed by atoms with van der Waals surface area (Å²) in [5.74, 6) is -2.12. The zero-order valence-electron chi connectivity index (χ0n) is 15.3. The highest BCUT2D eigenvalue weighted by Gasteiger charge is 2.36. The average molecular weight is 419 g/mol. The molecule has 1 unspecified atom stereocenters. The Bertz CT molecular complexity index is 974. The van der Waals surface area contributed by atoms with E-state index in [1.165, 1.54) is 0 Å². The number of aliphatic carboxylic acids is 1. The number of unbranched alkanes of at least 4 members (excludes halogenated alkanes) is 1. The van der Waals surface area contributed by atoms with Crippen LogP contribution in [-0.2, 0) is 24.4 Å². The van der Waals surface area contributed by atoms with Gasteiger partial charge >= 0.3 is 12.1 Å². The smallest absolute Gasteiger partial charge is 0.433 e. The molecule has 0 saturated carbocycles. The van der Waals surface area contributed by atoms with Gasteiger partial charge < -0.3 is 20.4 Å². The van der Waals surface area contributed by atoms with Crippen molar-refractivity contribution < 1.29 is 38.4 Å². The summed E-state index contributed by atoms with van der Waals surface area (Å²) in [6.45, 7) is -0.923. The summed E-state index contributed by atoms with van der Waals surface area (Å²) in [6.07, 6.45) is -6.27. The van der Waals surface area contributed by atoms with E-state index in [1.807, 2.05) is 0 Å². The van der Waals surface area contributed by atoms with Gasteiger partial charge in [-0.1, -0.05) is 0 Å². The minimum atomic E-state index is -4.81. The van der Waals surface area contributed by atoms with Crippen LogP contribution in [0.2, 0.25) is 0 Å². The first-order valence-corrected chi connectivity index (χ1v) is 8.55. The number of carbonyl (C=O) groups is 1. The van der Waals surface area contributed by atoms with E-state index in [-0.39, 0.29) is 36.8 Å². The highest BCUT2D eigenvalue weighted by molar-refractivity contribution is 5.84. The maximum atomic E-state index is 13.4. The highest BCUT2D eigenvalue weighted by Crippen LogP contribution is 2.36. The number of pyridine rings is 2. The monoisotopic (exact) mass is 419 g/mol. The largest absolute Gasteiger partial charge is 0.507 e. The van der Waals surface area contributed by atoms with E-state index >= 15 is 0 Å². The predicted molar refractivity (Wildman–Crippen MR) is 94.3 cm³/mol. The maximum Gasteiger partial charge on any atom is 0.433 e. The molecule has 2 heterocycles. The second-order valence-corrected chi connectivity index (χ2v) is 6.35. The number of carboxylic acid groups (broad SMARTS) is 1. The Kier molecular flexibility index (Phi) is 6.82. The van der Waals surface area contributed by atoms with Crippen molar-refractivity contribution in [2.45, 2.75) is 31.7 Å². The van der Waals surface area contributed by atoms with Crippen molar-refractivity contribution in [3.05, 3.63) is 33.2 Å². The number of aliphatic hydroxyl groups excluding tert-OH is 2. The number of aliphatic hydroxyl groups is 2. The normalized spacial score (nSPS) is 13.0. The Labute approximate surface area is 162 Å². The molecule has 2 rings (SSSR count). The molecule has 5 N–H and O–H groups in total. The number of hydrogen-bond donors (Lipinski definition) is 5. The number of aromatic hydroxyl groups is 1. The minimum Gasteiger partial charge on any atom is -0.507 e. The Balaban J connectivity index is 2.70. The summed E-state index contributed by atoms with van der Waals surface area (Å²) in [5.41, 5.74) is -3.54. The van der Waals surface area contributed by atoms with Gasteiger partial charge in [0.2, 0.25) is 0 Å². The lowest BCUT2D eigenvalue weighted by Crippen LogP contribution is -2.33. The molecular formula is C17H20F3N3O6. The number of nitrogens with one attached hydrogen (secondary N) is 1. The van der Waals surface area contributed by atoms with E-state index in [2.05, 4.69) is 10.3 Å². The number of nitrogens with zero attached hydrogens (tertiary/aromatic N) is 2. The fourth-order valence-corrected chi connectivity index (χ4v) is 2.89. The number of rotatable bonds is 8. The third-order valence-electron chi connectivity index (χ3n) is 4.29. The van der Waals surface area contributed by atoms with Crippen LogP contribution in [0.4, 0.5) is 13.2 Å². The number of alkyl halides is 3. The first kappa shape index (κ1) is 22.6. The molecule has 0 bridgehead atoms. The highest BCUT2D eigenvalue weighted by atomic mass is 19.4. The van der Waals surface area contributed by atoms with Gasteiger partial charge in [0.15, 0.2) is 0 Å². The third kappa shape index (κ3) is 4.83. The van der Waals surface area contributed by atoms with Crippen LogP contribution in [0, 0.1) is 0 Å². The fraction of sp³-hybridized carbons (Fsp3) is 0.471. The summed E-state index contributed by atoms with van der Waals surface area (Å²) >= 11 is 0. The SMILES string of the molecule is Cn1c(=O)c(C(O)NCC(=O)O)c(O)c2cc(CCCCO)c(C(F)(F)F)nc21. The van der Waals surface area contributed by atoms with Gasteiger partial charge in [-0.25, -0.2) is 4.98 Å². The van der Waals surface area contributed by atoms with Crippen molar-refractivity contribution >= 4 is 17.0 Å². The summed E-state index contributed by atoms with van der Waals surface area (Å²) < 4.78 is 41.0. The van der Waals surface area contributed by atoms with E-state index < -0.39 is 53.1 Å². The summed E-state index contributed by atoms with van der Waals surface area (Å²) in [4.78, 5) is 26.6. The zero-order valence-corrected chi connectivity index (χ0v) is 15.3. The van der Waals surface area contributed by atoms with Crippen LogP contribution in [0.5, 0.6) is 5.75 Å². The summed E-state index contributed by atoms with van der Waals surface area (Å²) in [7, 11) is 1.12. The Morgan fingerprint density at radius 3 is 2.55 bits per heavy atom. The van der Waals surface area contributed by atoms with Crippen molar-refractivity contribution in [1.82, 2.24) is 14.9 Å². The summed E-state index contributed by atoms with van der Waals surface area (Å²) in [6, 6.07) is 1.03. The zero-order chi connectivity index (χ0) is 21.9. The lowest BCUT2D eigenvalue weighted by atomic mass is 10.0. The number of hydrogen-bond acceptors (Lipinski definition) is 7. The molecule has 0 aliphatic rings. The van der Waals surface area contributed by atoms with E-state index in [9.17, 15) is 33.0 Å². The van der Waals surface area contributed by atoms with Crippen LogP contribution >= 0.6 is 0 Å². The Morgan fingerprint density at radius 2 is 2.00 bits per heavy atom. The van der Waals surface area contributed by atoms with Gasteiger partial charge in [-0.05, 0) is 30.9 Å². The van der Waals surface area contributed by atoms with Crippen molar-refractivity contribution in [2.24, 2.45) is 7.05 Å². The molecule has 0 radical (unpaired) electrons. The molecule has 9 nitrogen and oxygen atoms in total. The topological polar surface area (TPSA) is 145 Å². The average Bonchev–Trinajstić information content (AvgIpc) is 2.63. The van der Waals surface area contributed by atoms with E-state index in [0.717, 1.165) is 17.7 Å². The van der Waals surface area contributed by atoms with Gasteiger partial charge in [0.1, 0.15) is 28.9 Å². The molecule has 0 saturated heterocycles. The molecule has 0 amide bonds. The van der Waals surface area contributed by atoms with Crippen LogP contribution in [0.1, 0.15) is 35.9 Å². The molecule has 0 spiro atoms. The standard InChI is InChI=1S/C17H20F3N3O6/c1-23-14-9(12(27)11(16(23)29)15(28)21-7-10(25)26)6-8(4-2-3-5-24)13(22-14)17(18,19)20/h6,15,21,24,27-28H,2-5,7H2,1H3,(H,25,26). The first-order valence-electron chi connectivity index (χ1n) is 8.55. The molecule has 2 aromatic heterocycles. The lowest BCUT2D eigenvalue weighted by molar-refractivity contribution is -0.141. The van der Waals surface area contributed by atoms with Gasteiger partial charge in [-0.15, -0.1) is 0 Å². The second kappa shape index (κ2) is 8.76. The van der Waals surface area contributed by atoms with Gasteiger partial charge in [0, 0.05) is 13.7 Å². The molecule has 12 heteroatoms. The van der Waals surface area contributed by atoms with Crippen LogP contribution < -0.4 is 10.9 Å². The van der Waals surface area contributed by atoms with Crippen LogP contribution in [0.15, 0.2) is 10.9 Å². The predicted octanol–water partition coefficient (Wildman–Crippen LogP) is 0.638. The molecular weight excluding hydrogens is 399 g/mol. The van der Waals surface area contributed by atoms with E-state index in [0.29, 0.717) is 0 Å². The first-order chi connectivity index (χ1) is 13.5. The molecule has 2 aromatic rings. The van der Waals surface area contributed by atoms with Crippen molar-refractivity contribution in [2.75, 3.05) is 13.2 Å². The van der Waals surface area contributed by atoms with Crippen LogP contribution in [0.25, 0.3) is 11.0 Å². The number of carboxylic acids is 1. The number of fused-ring (bicyclic) bond motifs is 1. The quantitative estimate of drug-likeness (QED) is 0.310. The minimum absolute atomic E-state index is 0.0875. The molecule has 0 fully saturated rings. The summed E-state index contributed by atoms with van der Waals surface area (Å²) in [5, 5.41) is 40.0. The molecule has 1 atom stereocenters. The van der Waals surface area contributed by atoms with Crippen molar-refractivity contribution in [1.29, 1.82) is 0 Å². The van der Waals surface area contributed by atoms with E-state index in [4.69, 9.17) is 10.2 Å². The molecule has 0 aromatic carbocycles. The van der Waals surface area contributed by atoms with Crippen molar-refractivity contribution in [3.8, 4) is 5.75 Å². The molecule has 29 heavy (non-hydrogen) atoms. The van der Waals surface area contributed by atoms with Crippen LogP contribution in [-0.4, -0.2) is 49.1 Å². The van der Waals surface area contributed by atoms with Gasteiger partial charge in [0.05, 0.1) is 11.9 Å². The van der Waals surface area contributed by atoms with Gasteiger partial charge in [-0.3, -0.25) is 19.5 Å². The second-order valence-electron chi connectivity index (χ2n) is 6.35. The van der Waals surface area contributed by atoms with E-state index in [1.54, 1.807) is 0 Å². The van der Waals surface area contributed by atoms with Gasteiger partial charge in [0.25, 0.3) is 5.56 Å². The molecule has 0 aliphatic heterocycles. The van der Waals surface area contributed by atoms with Gasteiger partial charge in [-0.2, -0.15) is 13.2 Å². The third-order valence-corrected chi connectivity index (χ3v) is 4.29. The van der Waals surface area contributed by atoms with Crippen molar-refractivity contribution in [3.63, 3.8) is 0 Å². The number of aryl methyl sites for hydroxylation is 2. The maximum absolute atomic E-state index is 13.4. The number of aromatic nitrogens is 2. The molecule has 160 valence electrons. The Morgan fingerprint density at radius 1 is 1.34 bits per heavy atom. The Hall–Kier alpha value is -2.70.